The van der Waals surface area contributed by atoms with E-state index in [4.69, 9.17) is 22.4 Å². The van der Waals surface area contributed by atoms with Crippen LogP contribution in [0.1, 0.15) is 0 Å². The molecule has 1 aromatic carbocycles. The summed E-state index contributed by atoms with van der Waals surface area (Å²) in [5, 5.41) is 9.06. The van der Waals surface area contributed by atoms with Crippen LogP contribution >= 0.6 is 11.6 Å². The summed E-state index contributed by atoms with van der Waals surface area (Å²) in [7, 11) is 0. The van der Waals surface area contributed by atoms with Crippen molar-refractivity contribution < 1.29 is 5.11 Å². The number of aliphatic imine (C=N–C) groups is 1. The molecule has 0 aliphatic carbocycles. The average Bonchev–Trinajstić information content (AvgIpc) is 2.04. The molecule has 1 aromatic rings. The van der Waals surface area contributed by atoms with Crippen LogP contribution in [0.5, 0.6) is 5.75 Å². The molecule has 3 nitrogen and oxygen atoms in total. The largest absolute Gasteiger partial charge is 0.508 e. The number of nitrogens with zero attached hydrogens (tertiary/aromatic N) is 1. The molecule has 0 aliphatic heterocycles. The zero-order valence-electron chi connectivity index (χ0n) is 6.37. The average molecular weight is 185 g/mol. The van der Waals surface area contributed by atoms with Crippen LogP contribution in [0.15, 0.2) is 29.3 Å². The minimum absolute atomic E-state index is 0.165. The summed E-state index contributed by atoms with van der Waals surface area (Å²) in [5.41, 5.74) is 6.00. The highest BCUT2D eigenvalue weighted by molar-refractivity contribution is 6.28. The molecule has 12 heavy (non-hydrogen) atoms. The second-order valence-corrected chi connectivity index (χ2v) is 2.52. The lowest BCUT2D eigenvalue weighted by Crippen LogP contribution is -2.12. The fraction of sp³-hybridized carbons (Fsp3) is 0.125. The van der Waals surface area contributed by atoms with Crippen molar-refractivity contribution in [3.63, 3.8) is 0 Å². The van der Waals surface area contributed by atoms with Gasteiger partial charge in [-0.3, -0.25) is 0 Å². The molecule has 0 saturated heterocycles. The summed E-state index contributed by atoms with van der Waals surface area (Å²) < 4.78 is 0. The molecule has 0 amide bonds. The summed E-state index contributed by atoms with van der Waals surface area (Å²) in [6.45, 7) is 0. The minimum atomic E-state index is 0.165. The Labute approximate surface area is 75.5 Å². The van der Waals surface area contributed by atoms with Crippen molar-refractivity contribution in [3.05, 3.63) is 24.3 Å². The zero-order chi connectivity index (χ0) is 8.97. The molecule has 0 aliphatic rings. The van der Waals surface area contributed by atoms with Crippen LogP contribution in [0.4, 0.5) is 5.69 Å². The maximum Gasteiger partial charge on any atom is 0.117 e. The van der Waals surface area contributed by atoms with Gasteiger partial charge in [0.05, 0.1) is 11.6 Å². The van der Waals surface area contributed by atoms with Crippen LogP contribution in [0.25, 0.3) is 0 Å². The summed E-state index contributed by atoms with van der Waals surface area (Å²) in [6.07, 6.45) is 0. The Morgan fingerprint density at radius 2 is 2.33 bits per heavy atom. The maximum atomic E-state index is 9.06. The predicted octanol–water partition coefficient (Wildman–Crippen LogP) is 1.62. The van der Waals surface area contributed by atoms with E-state index < -0.39 is 0 Å². The van der Waals surface area contributed by atoms with Crippen LogP contribution < -0.4 is 5.73 Å². The monoisotopic (exact) mass is 184 g/mol. The number of benzene rings is 1. The molecule has 0 saturated carbocycles. The number of phenolic OH excluding ortho intramolecular Hbond substituents is 1. The highest BCUT2D eigenvalue weighted by Crippen LogP contribution is 2.17. The number of hydrogen-bond acceptors (Lipinski definition) is 2. The molecule has 4 heteroatoms. The van der Waals surface area contributed by atoms with Crippen molar-refractivity contribution in [2.75, 3.05) is 5.88 Å². The Morgan fingerprint density at radius 3 is 2.92 bits per heavy atom. The molecular formula is C8H9ClN2O. The molecule has 0 bridgehead atoms. The van der Waals surface area contributed by atoms with Crippen molar-refractivity contribution in [1.82, 2.24) is 0 Å². The Kier molecular flexibility index (Phi) is 2.94. The summed E-state index contributed by atoms with van der Waals surface area (Å²) in [5.74, 6) is 0.691. The van der Waals surface area contributed by atoms with Crippen molar-refractivity contribution in [1.29, 1.82) is 0 Å². The van der Waals surface area contributed by atoms with E-state index in [0.717, 1.165) is 0 Å². The van der Waals surface area contributed by atoms with Gasteiger partial charge in [-0.25, -0.2) is 4.99 Å². The van der Waals surface area contributed by atoms with E-state index in [2.05, 4.69) is 4.99 Å². The number of phenols is 1. The second-order valence-electron chi connectivity index (χ2n) is 2.26. The topological polar surface area (TPSA) is 58.6 Å². The van der Waals surface area contributed by atoms with Gasteiger partial charge in [0.25, 0.3) is 0 Å². The molecule has 0 aromatic heterocycles. The standard InChI is InChI=1S/C8H9ClN2O/c9-5-8(10)11-6-2-1-3-7(12)4-6/h1-4,12H,5H2,(H2,10,11). The van der Waals surface area contributed by atoms with E-state index in [9.17, 15) is 0 Å². The fourth-order valence-electron chi connectivity index (χ4n) is 0.758. The van der Waals surface area contributed by atoms with Gasteiger partial charge in [0.15, 0.2) is 0 Å². The first-order chi connectivity index (χ1) is 5.72. The van der Waals surface area contributed by atoms with E-state index >= 15 is 0 Å². The third-order valence-corrected chi connectivity index (χ3v) is 1.51. The first-order valence-corrected chi connectivity index (χ1v) is 3.94. The quantitative estimate of drug-likeness (QED) is 0.417. The lowest BCUT2D eigenvalue weighted by Gasteiger charge is -1.96. The van der Waals surface area contributed by atoms with E-state index in [1.807, 2.05) is 0 Å². The number of halogens is 1. The first kappa shape index (κ1) is 8.87. The number of alkyl halides is 1. The van der Waals surface area contributed by atoms with E-state index in [1.54, 1.807) is 18.2 Å². The van der Waals surface area contributed by atoms with Gasteiger partial charge in [-0.15, -0.1) is 11.6 Å². The van der Waals surface area contributed by atoms with Gasteiger partial charge in [0.2, 0.25) is 0 Å². The Morgan fingerprint density at radius 1 is 1.58 bits per heavy atom. The Hall–Kier alpha value is -1.22. The number of rotatable bonds is 2. The molecular weight excluding hydrogens is 176 g/mol. The minimum Gasteiger partial charge on any atom is -0.508 e. The zero-order valence-corrected chi connectivity index (χ0v) is 7.12. The van der Waals surface area contributed by atoms with Crippen LogP contribution in [0.2, 0.25) is 0 Å². The molecule has 0 unspecified atom stereocenters. The Balaban J connectivity index is 2.89. The van der Waals surface area contributed by atoms with Gasteiger partial charge < -0.3 is 10.8 Å². The summed E-state index contributed by atoms with van der Waals surface area (Å²) in [6, 6.07) is 6.50. The molecule has 0 atom stereocenters. The number of aromatic hydroxyl groups is 1. The third-order valence-electron chi connectivity index (χ3n) is 1.24. The molecule has 1 rings (SSSR count). The SMILES string of the molecule is NC(CCl)=Nc1cccc(O)c1. The van der Waals surface area contributed by atoms with Crippen LogP contribution in [-0.4, -0.2) is 16.8 Å². The highest BCUT2D eigenvalue weighted by Gasteiger charge is 1.92. The molecule has 3 N–H and O–H groups in total. The van der Waals surface area contributed by atoms with Crippen LogP contribution in [0.3, 0.4) is 0 Å². The first-order valence-electron chi connectivity index (χ1n) is 3.40. The summed E-state index contributed by atoms with van der Waals surface area (Å²) in [4.78, 5) is 3.94. The smallest absolute Gasteiger partial charge is 0.117 e. The van der Waals surface area contributed by atoms with Crippen molar-refractivity contribution in [2.24, 2.45) is 10.7 Å². The van der Waals surface area contributed by atoms with Gasteiger partial charge in [-0.05, 0) is 12.1 Å². The van der Waals surface area contributed by atoms with Gasteiger partial charge in [0.1, 0.15) is 11.6 Å². The molecule has 0 heterocycles. The van der Waals surface area contributed by atoms with E-state index in [1.165, 1.54) is 6.07 Å². The highest BCUT2D eigenvalue weighted by atomic mass is 35.5. The third kappa shape index (κ3) is 2.43. The predicted molar refractivity (Wildman–Crippen MR) is 50.1 cm³/mol. The molecule has 0 radical (unpaired) electrons. The van der Waals surface area contributed by atoms with Gasteiger partial charge >= 0.3 is 0 Å². The normalized spacial score (nSPS) is 11.6. The number of amidine groups is 1. The van der Waals surface area contributed by atoms with Crippen molar-refractivity contribution >= 4 is 23.1 Å². The number of hydrogen-bond donors (Lipinski definition) is 2. The fourth-order valence-corrected chi connectivity index (χ4v) is 0.818. The lowest BCUT2D eigenvalue weighted by atomic mass is 10.3. The van der Waals surface area contributed by atoms with E-state index in [-0.39, 0.29) is 11.6 Å². The molecule has 64 valence electrons. The Bertz CT molecular complexity index is 299. The molecule has 0 fully saturated rings. The summed E-state index contributed by atoms with van der Waals surface area (Å²) >= 11 is 5.42. The lowest BCUT2D eigenvalue weighted by molar-refractivity contribution is 0.475. The van der Waals surface area contributed by atoms with Gasteiger partial charge in [-0.1, -0.05) is 6.07 Å². The van der Waals surface area contributed by atoms with E-state index in [0.29, 0.717) is 11.5 Å². The van der Waals surface area contributed by atoms with Crippen LogP contribution in [0, 0.1) is 0 Å². The van der Waals surface area contributed by atoms with Gasteiger partial charge in [-0.2, -0.15) is 0 Å². The van der Waals surface area contributed by atoms with Crippen molar-refractivity contribution in [3.8, 4) is 5.75 Å². The molecule has 0 spiro atoms. The van der Waals surface area contributed by atoms with Crippen LogP contribution in [-0.2, 0) is 0 Å². The van der Waals surface area contributed by atoms with Crippen molar-refractivity contribution in [2.45, 2.75) is 0 Å². The number of nitrogens with two attached hydrogens (primary N) is 1. The second kappa shape index (κ2) is 3.97. The maximum absolute atomic E-state index is 9.06. The van der Waals surface area contributed by atoms with Gasteiger partial charge in [0, 0.05) is 6.07 Å².